The van der Waals surface area contributed by atoms with Crippen LogP contribution in [0.2, 0.25) is 0 Å². The van der Waals surface area contributed by atoms with Gasteiger partial charge in [0.25, 0.3) is 0 Å². The lowest BCUT2D eigenvalue weighted by molar-refractivity contribution is 0.508. The number of benzene rings is 1. The lowest BCUT2D eigenvalue weighted by atomic mass is 10.0. The summed E-state index contributed by atoms with van der Waals surface area (Å²) >= 11 is 0. The van der Waals surface area contributed by atoms with Crippen LogP contribution >= 0.6 is 0 Å². The summed E-state index contributed by atoms with van der Waals surface area (Å²) in [6.45, 7) is 5.08. The molecular weight excluding hydrogens is 224 g/mol. The number of anilines is 1. The SMILES string of the molecule is CC(C)CC(N)CNc1nncc2ccccc12. The van der Waals surface area contributed by atoms with Gasteiger partial charge < -0.3 is 11.1 Å². The van der Waals surface area contributed by atoms with Crippen molar-refractivity contribution in [2.45, 2.75) is 26.3 Å². The molecule has 2 rings (SSSR count). The topological polar surface area (TPSA) is 63.8 Å². The van der Waals surface area contributed by atoms with Crippen molar-refractivity contribution in [3.63, 3.8) is 0 Å². The van der Waals surface area contributed by atoms with Crippen molar-refractivity contribution in [3.8, 4) is 0 Å². The Hall–Kier alpha value is -1.68. The van der Waals surface area contributed by atoms with Crippen LogP contribution in [-0.4, -0.2) is 22.8 Å². The Kier molecular flexibility index (Phi) is 4.10. The van der Waals surface area contributed by atoms with Crippen molar-refractivity contribution in [2.75, 3.05) is 11.9 Å². The number of rotatable bonds is 5. The average molecular weight is 244 g/mol. The van der Waals surface area contributed by atoms with E-state index in [0.29, 0.717) is 5.92 Å². The van der Waals surface area contributed by atoms with Gasteiger partial charge in [0.15, 0.2) is 5.82 Å². The van der Waals surface area contributed by atoms with Gasteiger partial charge in [0.05, 0.1) is 6.20 Å². The molecule has 2 aromatic rings. The largest absolute Gasteiger partial charge is 0.367 e. The van der Waals surface area contributed by atoms with Crippen LogP contribution in [0.3, 0.4) is 0 Å². The predicted octanol–water partition coefficient (Wildman–Crippen LogP) is 2.42. The maximum Gasteiger partial charge on any atom is 0.156 e. The van der Waals surface area contributed by atoms with Crippen LogP contribution in [0.15, 0.2) is 30.5 Å². The molecule has 0 saturated carbocycles. The van der Waals surface area contributed by atoms with Gasteiger partial charge in [0.2, 0.25) is 0 Å². The number of nitrogens with zero attached hydrogens (tertiary/aromatic N) is 2. The Balaban J connectivity index is 2.08. The fourth-order valence-corrected chi connectivity index (χ4v) is 2.08. The van der Waals surface area contributed by atoms with Gasteiger partial charge in [-0.25, -0.2) is 0 Å². The molecule has 1 heterocycles. The van der Waals surface area contributed by atoms with E-state index < -0.39 is 0 Å². The van der Waals surface area contributed by atoms with E-state index >= 15 is 0 Å². The minimum absolute atomic E-state index is 0.144. The van der Waals surface area contributed by atoms with Gasteiger partial charge >= 0.3 is 0 Å². The molecule has 18 heavy (non-hydrogen) atoms. The minimum atomic E-state index is 0.144. The molecule has 0 spiro atoms. The Bertz CT molecular complexity index is 505. The second kappa shape index (κ2) is 5.78. The fourth-order valence-electron chi connectivity index (χ4n) is 2.08. The molecule has 1 unspecified atom stereocenters. The smallest absolute Gasteiger partial charge is 0.156 e. The lowest BCUT2D eigenvalue weighted by Gasteiger charge is -2.15. The van der Waals surface area contributed by atoms with Gasteiger partial charge in [0, 0.05) is 23.4 Å². The summed E-state index contributed by atoms with van der Waals surface area (Å²) in [4.78, 5) is 0. The Labute approximate surface area is 108 Å². The Morgan fingerprint density at radius 1 is 1.28 bits per heavy atom. The highest BCUT2D eigenvalue weighted by Gasteiger charge is 2.07. The number of nitrogens with two attached hydrogens (primary N) is 1. The Morgan fingerprint density at radius 2 is 2.06 bits per heavy atom. The van der Waals surface area contributed by atoms with Gasteiger partial charge in [-0.05, 0) is 12.3 Å². The zero-order valence-corrected chi connectivity index (χ0v) is 10.9. The average Bonchev–Trinajstić information content (AvgIpc) is 2.35. The van der Waals surface area contributed by atoms with E-state index in [0.717, 1.165) is 29.6 Å². The predicted molar refractivity (Wildman–Crippen MR) is 75.5 cm³/mol. The molecule has 0 radical (unpaired) electrons. The number of hydrogen-bond donors (Lipinski definition) is 2. The molecule has 0 saturated heterocycles. The molecule has 0 fully saturated rings. The van der Waals surface area contributed by atoms with Gasteiger partial charge in [-0.15, -0.1) is 5.10 Å². The third kappa shape index (κ3) is 3.17. The number of hydrogen-bond acceptors (Lipinski definition) is 4. The highest BCUT2D eigenvalue weighted by Crippen LogP contribution is 2.19. The summed E-state index contributed by atoms with van der Waals surface area (Å²) < 4.78 is 0. The van der Waals surface area contributed by atoms with Crippen molar-refractivity contribution < 1.29 is 0 Å². The van der Waals surface area contributed by atoms with Gasteiger partial charge in [-0.3, -0.25) is 0 Å². The third-order valence-corrected chi connectivity index (χ3v) is 2.88. The minimum Gasteiger partial charge on any atom is -0.367 e. The maximum absolute atomic E-state index is 6.06. The number of nitrogens with one attached hydrogen (secondary N) is 1. The van der Waals surface area contributed by atoms with Crippen LogP contribution in [0, 0.1) is 5.92 Å². The van der Waals surface area contributed by atoms with Crippen molar-refractivity contribution in [1.82, 2.24) is 10.2 Å². The summed E-state index contributed by atoms with van der Waals surface area (Å²) in [6, 6.07) is 8.22. The number of aromatic nitrogens is 2. The highest BCUT2D eigenvalue weighted by atomic mass is 15.2. The second-order valence-corrected chi connectivity index (χ2v) is 5.05. The molecule has 0 amide bonds. The molecule has 3 N–H and O–H groups in total. The molecule has 4 heteroatoms. The molecule has 0 aliphatic carbocycles. The first-order valence-corrected chi connectivity index (χ1v) is 6.36. The standard InChI is InChI=1S/C14H20N4/c1-10(2)7-12(15)9-16-14-13-6-4-3-5-11(13)8-17-18-14/h3-6,8,10,12H,7,9,15H2,1-2H3,(H,16,18). The molecule has 96 valence electrons. The van der Waals surface area contributed by atoms with E-state index in [2.05, 4.69) is 29.4 Å². The van der Waals surface area contributed by atoms with Crippen LogP contribution in [0.1, 0.15) is 20.3 Å². The summed E-state index contributed by atoms with van der Waals surface area (Å²) in [5, 5.41) is 13.6. The van der Waals surface area contributed by atoms with Crippen LogP contribution < -0.4 is 11.1 Å². The van der Waals surface area contributed by atoms with Crippen molar-refractivity contribution in [2.24, 2.45) is 11.7 Å². The molecule has 0 bridgehead atoms. The molecule has 1 aromatic heterocycles. The Morgan fingerprint density at radius 3 is 2.83 bits per heavy atom. The van der Waals surface area contributed by atoms with E-state index in [1.807, 2.05) is 24.3 Å². The van der Waals surface area contributed by atoms with E-state index in [1.54, 1.807) is 6.20 Å². The zero-order valence-electron chi connectivity index (χ0n) is 10.9. The zero-order chi connectivity index (χ0) is 13.0. The van der Waals surface area contributed by atoms with Crippen LogP contribution in [0.25, 0.3) is 10.8 Å². The van der Waals surface area contributed by atoms with Crippen LogP contribution in [0.4, 0.5) is 5.82 Å². The summed E-state index contributed by atoms with van der Waals surface area (Å²) in [6.07, 6.45) is 2.78. The maximum atomic E-state index is 6.06. The van der Waals surface area contributed by atoms with Gasteiger partial charge in [-0.2, -0.15) is 5.10 Å². The van der Waals surface area contributed by atoms with E-state index in [-0.39, 0.29) is 6.04 Å². The molecule has 1 aromatic carbocycles. The monoisotopic (exact) mass is 244 g/mol. The van der Waals surface area contributed by atoms with Crippen molar-refractivity contribution in [1.29, 1.82) is 0 Å². The first kappa shape index (κ1) is 12.8. The van der Waals surface area contributed by atoms with Crippen LogP contribution in [0.5, 0.6) is 0 Å². The normalized spacial score (nSPS) is 12.9. The van der Waals surface area contributed by atoms with Gasteiger partial charge in [0.1, 0.15) is 0 Å². The van der Waals surface area contributed by atoms with E-state index in [1.165, 1.54) is 0 Å². The summed E-state index contributed by atoms with van der Waals surface area (Å²) in [5.74, 6) is 1.42. The highest BCUT2D eigenvalue weighted by molar-refractivity contribution is 5.90. The fraction of sp³-hybridized carbons (Fsp3) is 0.429. The molecule has 0 aliphatic heterocycles. The molecule has 1 atom stereocenters. The quantitative estimate of drug-likeness (QED) is 0.847. The molecule has 0 aliphatic rings. The van der Waals surface area contributed by atoms with E-state index in [4.69, 9.17) is 5.73 Å². The summed E-state index contributed by atoms with van der Waals surface area (Å²) in [5.41, 5.74) is 6.06. The van der Waals surface area contributed by atoms with Crippen molar-refractivity contribution in [3.05, 3.63) is 30.5 Å². The lowest BCUT2D eigenvalue weighted by Crippen LogP contribution is -2.30. The van der Waals surface area contributed by atoms with Crippen molar-refractivity contribution >= 4 is 16.6 Å². The first-order valence-electron chi connectivity index (χ1n) is 6.36. The summed E-state index contributed by atoms with van der Waals surface area (Å²) in [7, 11) is 0. The molecule has 4 nitrogen and oxygen atoms in total. The number of fused-ring (bicyclic) bond motifs is 1. The van der Waals surface area contributed by atoms with Gasteiger partial charge in [-0.1, -0.05) is 38.1 Å². The third-order valence-electron chi connectivity index (χ3n) is 2.88. The second-order valence-electron chi connectivity index (χ2n) is 5.05. The first-order chi connectivity index (χ1) is 8.66. The molecular formula is C14H20N4. The van der Waals surface area contributed by atoms with E-state index in [9.17, 15) is 0 Å². The van der Waals surface area contributed by atoms with Crippen LogP contribution in [-0.2, 0) is 0 Å².